The molecule has 8 nitrogen and oxygen atoms in total. The Morgan fingerprint density at radius 2 is 1.58 bits per heavy atom. The summed E-state index contributed by atoms with van der Waals surface area (Å²) in [4.78, 5) is 39.1. The van der Waals surface area contributed by atoms with E-state index in [-0.39, 0.29) is 6.54 Å². The Kier molecular flexibility index (Phi) is 8.13. The minimum Gasteiger partial charge on any atom is -0.367 e. The first kappa shape index (κ1) is 21.8. The Hall–Kier alpha value is -0.210. The van der Waals surface area contributed by atoms with E-state index in [9.17, 15) is 14.2 Å². The molecule has 138 valence electrons. The van der Waals surface area contributed by atoms with E-state index in [2.05, 4.69) is 0 Å². The molecule has 0 aliphatic heterocycles. The lowest BCUT2D eigenvalue weighted by Crippen LogP contribution is -2.34. The van der Waals surface area contributed by atoms with E-state index >= 15 is 0 Å². The largest absolute Gasteiger partial charge is 0.369 e. The number of rotatable bonds is 10. The minimum absolute atomic E-state index is 0.0529. The fraction of sp³-hybridized carbons (Fsp3) is 0.538. The first-order valence-electron chi connectivity index (χ1n) is 7.17. The van der Waals surface area contributed by atoms with E-state index in [0.717, 1.165) is 17.1 Å². The van der Waals surface area contributed by atoms with Crippen LogP contribution in [-0.4, -0.2) is 60.6 Å². The molecule has 0 atom stereocenters. The van der Waals surface area contributed by atoms with Crippen LogP contribution in [0.5, 0.6) is 0 Å². The van der Waals surface area contributed by atoms with Gasteiger partial charge in [-0.1, -0.05) is 18.2 Å². The number of benzene rings is 1. The smallest absolute Gasteiger partial charge is 0.367 e. The van der Waals surface area contributed by atoms with Crippen molar-refractivity contribution in [2.75, 3.05) is 25.9 Å². The van der Waals surface area contributed by atoms with Crippen molar-refractivity contribution in [3.8, 4) is 0 Å². The minimum atomic E-state index is -5.38. The lowest BCUT2D eigenvalue weighted by Gasteiger charge is -2.30. The predicted molar refractivity (Wildman–Crippen MR) is 92.9 cm³/mol. The molecule has 5 N–H and O–H groups in total. The van der Waals surface area contributed by atoms with Crippen LogP contribution in [-0.2, 0) is 9.13 Å². The maximum atomic E-state index is 11.3. The SMILES string of the molecule is CN(CCCSc1ccccc1)CCC(O)(P(=O)(O)O)P(=O)(O)O. The van der Waals surface area contributed by atoms with Gasteiger partial charge in [0.25, 0.3) is 5.08 Å². The zero-order valence-corrected chi connectivity index (χ0v) is 15.8. The molecular weight excluding hydrogens is 376 g/mol. The highest BCUT2D eigenvalue weighted by atomic mass is 32.2. The molecule has 0 bridgehead atoms. The summed E-state index contributed by atoms with van der Waals surface area (Å²) in [5.74, 6) is 0.829. The van der Waals surface area contributed by atoms with Crippen molar-refractivity contribution in [3.63, 3.8) is 0 Å². The second-order valence-electron chi connectivity index (χ2n) is 5.43. The van der Waals surface area contributed by atoms with E-state index in [4.69, 9.17) is 19.6 Å². The topological polar surface area (TPSA) is 139 Å². The number of thioether (sulfide) groups is 1. The van der Waals surface area contributed by atoms with Crippen LogP contribution in [0.1, 0.15) is 12.8 Å². The van der Waals surface area contributed by atoms with Gasteiger partial charge in [-0.15, -0.1) is 11.8 Å². The predicted octanol–water partition coefficient (Wildman–Crippen LogP) is 1.49. The van der Waals surface area contributed by atoms with Crippen LogP contribution in [0.3, 0.4) is 0 Å². The number of hydrogen-bond donors (Lipinski definition) is 5. The van der Waals surface area contributed by atoms with Gasteiger partial charge in [-0.05, 0) is 37.9 Å². The molecular formula is C13H23NO7P2S. The molecule has 0 radical (unpaired) electrons. The van der Waals surface area contributed by atoms with E-state index in [1.807, 2.05) is 30.3 Å². The van der Waals surface area contributed by atoms with Crippen molar-refractivity contribution in [3.05, 3.63) is 30.3 Å². The van der Waals surface area contributed by atoms with E-state index in [0.29, 0.717) is 6.54 Å². The summed E-state index contributed by atoms with van der Waals surface area (Å²) in [7, 11) is -9.09. The summed E-state index contributed by atoms with van der Waals surface area (Å²) in [6.07, 6.45) is 0.0597. The van der Waals surface area contributed by atoms with E-state index in [1.54, 1.807) is 23.7 Å². The Bertz CT molecular complexity index is 582. The van der Waals surface area contributed by atoms with Gasteiger partial charge in [-0.2, -0.15) is 0 Å². The van der Waals surface area contributed by atoms with Gasteiger partial charge in [0.1, 0.15) is 0 Å². The Morgan fingerprint density at radius 1 is 1.04 bits per heavy atom. The van der Waals surface area contributed by atoms with Gasteiger partial charge in [0.05, 0.1) is 0 Å². The van der Waals surface area contributed by atoms with Crippen LogP contribution in [0.25, 0.3) is 0 Å². The summed E-state index contributed by atoms with van der Waals surface area (Å²) in [6, 6.07) is 9.81. The van der Waals surface area contributed by atoms with Crippen LogP contribution in [0.4, 0.5) is 0 Å². The maximum Gasteiger partial charge on any atom is 0.369 e. The lowest BCUT2D eigenvalue weighted by molar-refractivity contribution is 0.112. The highest BCUT2D eigenvalue weighted by Gasteiger charge is 2.58. The van der Waals surface area contributed by atoms with Crippen molar-refractivity contribution in [2.45, 2.75) is 22.8 Å². The third kappa shape index (κ3) is 6.26. The first-order chi connectivity index (χ1) is 11.0. The van der Waals surface area contributed by atoms with Crippen LogP contribution in [0.2, 0.25) is 0 Å². The van der Waals surface area contributed by atoms with Gasteiger partial charge in [0.2, 0.25) is 0 Å². The summed E-state index contributed by atoms with van der Waals surface area (Å²) >= 11 is 1.67. The molecule has 0 saturated heterocycles. The molecule has 11 heteroatoms. The number of aliphatic hydroxyl groups is 1. The molecule has 0 unspecified atom stereocenters. The quantitative estimate of drug-likeness (QED) is 0.225. The molecule has 1 aromatic rings. The van der Waals surface area contributed by atoms with Crippen molar-refractivity contribution in [1.29, 1.82) is 0 Å². The second kappa shape index (κ2) is 8.94. The Labute approximate surface area is 145 Å². The van der Waals surface area contributed by atoms with Gasteiger partial charge < -0.3 is 29.6 Å². The monoisotopic (exact) mass is 399 g/mol. The number of nitrogens with zero attached hydrogens (tertiary/aromatic N) is 1. The van der Waals surface area contributed by atoms with Gasteiger partial charge >= 0.3 is 15.2 Å². The van der Waals surface area contributed by atoms with Crippen LogP contribution in [0.15, 0.2) is 35.2 Å². The third-order valence-corrected chi connectivity index (χ3v) is 8.43. The second-order valence-corrected chi connectivity index (χ2v) is 10.6. The highest BCUT2D eigenvalue weighted by Crippen LogP contribution is 2.68. The average Bonchev–Trinajstić information content (AvgIpc) is 2.48. The molecule has 1 rings (SSSR count). The molecule has 0 aromatic heterocycles. The normalized spacial score (nSPS) is 13.5. The van der Waals surface area contributed by atoms with E-state index in [1.165, 1.54) is 0 Å². The molecule has 0 fully saturated rings. The molecule has 0 aliphatic rings. The van der Waals surface area contributed by atoms with Crippen molar-refractivity contribution in [2.24, 2.45) is 0 Å². The standard InChI is InChI=1S/C13H23NO7P2S/c1-14(9-5-11-24-12-6-3-2-4-7-12)10-8-13(15,22(16,17)18)23(19,20)21/h2-4,6-7,15H,5,8-11H2,1H3,(H2,16,17,18)(H2,19,20,21). The molecule has 24 heavy (non-hydrogen) atoms. The van der Waals surface area contributed by atoms with Gasteiger partial charge in [-0.3, -0.25) is 9.13 Å². The average molecular weight is 399 g/mol. The third-order valence-electron chi connectivity index (χ3n) is 3.46. The summed E-state index contributed by atoms with van der Waals surface area (Å²) in [6.45, 7) is 0.515. The Morgan fingerprint density at radius 3 is 2.08 bits per heavy atom. The fourth-order valence-electron chi connectivity index (χ4n) is 1.95. The molecule has 0 aliphatic carbocycles. The molecule has 1 aromatic carbocycles. The molecule has 0 amide bonds. The molecule has 0 saturated carbocycles. The molecule has 0 spiro atoms. The van der Waals surface area contributed by atoms with Crippen molar-refractivity contribution >= 4 is 27.0 Å². The summed E-state index contributed by atoms with van der Waals surface area (Å²) in [5, 5.41) is 6.46. The van der Waals surface area contributed by atoms with Crippen LogP contribution >= 0.6 is 27.0 Å². The summed E-state index contributed by atoms with van der Waals surface area (Å²) < 4.78 is 22.5. The first-order valence-corrected chi connectivity index (χ1v) is 11.4. The zero-order chi connectivity index (χ0) is 18.4. The van der Waals surface area contributed by atoms with Gasteiger partial charge in [0, 0.05) is 17.9 Å². The van der Waals surface area contributed by atoms with Crippen molar-refractivity contribution in [1.82, 2.24) is 4.90 Å². The fourth-order valence-corrected chi connectivity index (χ4v) is 4.95. The maximum absolute atomic E-state index is 11.3. The van der Waals surface area contributed by atoms with Crippen molar-refractivity contribution < 1.29 is 33.8 Å². The van der Waals surface area contributed by atoms with Gasteiger partial charge in [-0.25, -0.2) is 0 Å². The lowest BCUT2D eigenvalue weighted by atomic mass is 10.3. The van der Waals surface area contributed by atoms with E-state index < -0.39 is 26.7 Å². The highest BCUT2D eigenvalue weighted by molar-refractivity contribution is 7.99. The molecule has 0 heterocycles. The van der Waals surface area contributed by atoms with Crippen LogP contribution < -0.4 is 0 Å². The zero-order valence-electron chi connectivity index (χ0n) is 13.2. The Balaban J connectivity index is 2.43. The number of hydrogen-bond acceptors (Lipinski definition) is 5. The summed E-state index contributed by atoms with van der Waals surface area (Å²) in [5.41, 5.74) is 0. The van der Waals surface area contributed by atoms with Crippen LogP contribution in [0, 0.1) is 0 Å². The van der Waals surface area contributed by atoms with Gasteiger partial charge in [0.15, 0.2) is 0 Å².